The van der Waals surface area contributed by atoms with E-state index in [2.05, 4.69) is 78.0 Å². The van der Waals surface area contributed by atoms with Gasteiger partial charge in [-0.1, -0.05) is 43.5 Å². The summed E-state index contributed by atoms with van der Waals surface area (Å²) in [6, 6.07) is 17.9. The Labute approximate surface area is 196 Å². The van der Waals surface area contributed by atoms with Gasteiger partial charge in [0, 0.05) is 29.3 Å². The van der Waals surface area contributed by atoms with Gasteiger partial charge in [-0.15, -0.1) is 0 Å². The third kappa shape index (κ3) is 3.62. The van der Waals surface area contributed by atoms with Crippen molar-refractivity contribution < 1.29 is 0 Å². The molecule has 1 saturated carbocycles. The lowest BCUT2D eigenvalue weighted by Crippen LogP contribution is -2.40. The molecule has 2 fully saturated rings. The van der Waals surface area contributed by atoms with Crippen LogP contribution in [-0.2, 0) is 0 Å². The molecular formula is C27H32N4S. The third-order valence-corrected chi connectivity index (χ3v) is 7.58. The largest absolute Gasteiger partial charge is 0.352 e. The molecule has 2 atom stereocenters. The molecule has 5 heteroatoms. The van der Waals surface area contributed by atoms with Crippen molar-refractivity contribution in [2.45, 2.75) is 71.0 Å². The lowest BCUT2D eigenvalue weighted by molar-refractivity contribution is 0.197. The Morgan fingerprint density at radius 3 is 2.44 bits per heavy atom. The first-order valence-corrected chi connectivity index (χ1v) is 12.2. The smallest absolute Gasteiger partial charge is 0.170 e. The number of nitrogens with zero attached hydrogens (tertiary/aromatic N) is 3. The van der Waals surface area contributed by atoms with Crippen molar-refractivity contribution in [3.8, 4) is 5.69 Å². The first-order valence-electron chi connectivity index (χ1n) is 11.8. The van der Waals surface area contributed by atoms with Crippen LogP contribution in [0.5, 0.6) is 0 Å². The van der Waals surface area contributed by atoms with Gasteiger partial charge >= 0.3 is 0 Å². The lowest BCUT2D eigenvalue weighted by Gasteiger charge is -2.37. The Balaban J connectivity index is 1.64. The summed E-state index contributed by atoms with van der Waals surface area (Å²) < 4.78 is 2.40. The second-order valence-corrected chi connectivity index (χ2v) is 9.66. The van der Waals surface area contributed by atoms with E-state index in [1.165, 1.54) is 60.3 Å². The molecule has 4 nitrogen and oxygen atoms in total. The molecule has 1 aromatic carbocycles. The normalized spacial score (nSPS) is 21.7. The van der Waals surface area contributed by atoms with Gasteiger partial charge in [-0.25, -0.2) is 0 Å². The van der Waals surface area contributed by atoms with Crippen LogP contribution in [0.3, 0.4) is 0 Å². The van der Waals surface area contributed by atoms with E-state index in [1.54, 1.807) is 0 Å². The second kappa shape index (κ2) is 8.70. The Kier molecular flexibility index (Phi) is 5.76. The predicted octanol–water partition coefficient (Wildman–Crippen LogP) is 6.10. The maximum Gasteiger partial charge on any atom is 0.170 e. The summed E-state index contributed by atoms with van der Waals surface area (Å²) in [7, 11) is 0. The zero-order chi connectivity index (χ0) is 22.2. The highest BCUT2D eigenvalue weighted by Gasteiger charge is 2.44. The van der Waals surface area contributed by atoms with Crippen LogP contribution in [-0.4, -0.2) is 25.6 Å². The molecule has 1 N–H and O–H groups in total. The fourth-order valence-electron chi connectivity index (χ4n) is 5.72. The summed E-state index contributed by atoms with van der Waals surface area (Å²) in [6.07, 6.45) is 8.21. The molecule has 0 bridgehead atoms. The molecule has 2 aromatic heterocycles. The maximum atomic E-state index is 5.95. The third-order valence-electron chi connectivity index (χ3n) is 7.25. The molecule has 166 valence electrons. The molecule has 5 rings (SSSR count). The topological polar surface area (TPSA) is 33.1 Å². The first-order chi connectivity index (χ1) is 15.6. The minimum absolute atomic E-state index is 0.0523. The SMILES string of the molecule is Cc1ccccc1-n1c(C)cc([C@H]2[C@@H](c3ccccn3)NC(=S)N2C2CCCCC2)c1C. The number of pyridine rings is 1. The molecule has 0 unspecified atom stereocenters. The molecule has 3 heterocycles. The molecule has 0 radical (unpaired) electrons. The number of rotatable bonds is 4. The van der Waals surface area contributed by atoms with E-state index in [-0.39, 0.29) is 12.1 Å². The number of benzene rings is 1. The standard InChI is InChI=1S/C27H32N4S/c1-18-11-7-8-15-24(18)30-19(2)17-22(20(30)3)26-25(23-14-9-10-16-28-23)29-27(32)31(26)21-12-5-4-6-13-21/h7-11,14-17,21,25-26H,4-6,12-13H2,1-3H3,(H,29,32)/t25-,26+/m1/s1. The summed E-state index contributed by atoms with van der Waals surface area (Å²) in [5.74, 6) is 0. The van der Waals surface area contributed by atoms with Crippen LogP contribution in [0.1, 0.15) is 72.4 Å². The molecular weight excluding hydrogens is 412 g/mol. The Bertz CT molecular complexity index is 1110. The van der Waals surface area contributed by atoms with Crippen molar-refractivity contribution in [2.75, 3.05) is 0 Å². The monoisotopic (exact) mass is 444 g/mol. The van der Waals surface area contributed by atoms with E-state index in [0.29, 0.717) is 6.04 Å². The molecule has 2 aliphatic rings. The van der Waals surface area contributed by atoms with Crippen LogP contribution in [0.2, 0.25) is 0 Å². The summed E-state index contributed by atoms with van der Waals surface area (Å²) >= 11 is 5.95. The van der Waals surface area contributed by atoms with Crippen LogP contribution in [0.4, 0.5) is 0 Å². The highest BCUT2D eigenvalue weighted by Crippen LogP contribution is 2.44. The summed E-state index contributed by atoms with van der Waals surface area (Å²) in [6.45, 7) is 6.65. The van der Waals surface area contributed by atoms with Gasteiger partial charge in [-0.2, -0.15) is 0 Å². The van der Waals surface area contributed by atoms with Crippen molar-refractivity contribution in [1.29, 1.82) is 0 Å². The van der Waals surface area contributed by atoms with E-state index < -0.39 is 0 Å². The lowest BCUT2D eigenvalue weighted by atomic mass is 9.90. The van der Waals surface area contributed by atoms with Crippen molar-refractivity contribution in [3.05, 3.63) is 82.9 Å². The van der Waals surface area contributed by atoms with Crippen molar-refractivity contribution in [1.82, 2.24) is 19.8 Å². The van der Waals surface area contributed by atoms with Gasteiger partial charge in [0.25, 0.3) is 0 Å². The van der Waals surface area contributed by atoms with Crippen molar-refractivity contribution in [3.63, 3.8) is 0 Å². The van der Waals surface area contributed by atoms with E-state index in [1.807, 2.05) is 12.3 Å². The van der Waals surface area contributed by atoms with Gasteiger partial charge in [0.05, 0.1) is 17.8 Å². The fraction of sp³-hybridized carbons (Fsp3) is 0.407. The summed E-state index contributed by atoms with van der Waals surface area (Å²) in [5, 5.41) is 4.53. The average Bonchev–Trinajstić information content (AvgIpc) is 3.31. The molecule has 32 heavy (non-hydrogen) atoms. The number of nitrogens with one attached hydrogen (secondary N) is 1. The van der Waals surface area contributed by atoms with Gasteiger partial charge < -0.3 is 14.8 Å². The Hall–Kier alpha value is -2.66. The average molecular weight is 445 g/mol. The van der Waals surface area contributed by atoms with Crippen molar-refractivity contribution in [2.24, 2.45) is 0 Å². The summed E-state index contributed by atoms with van der Waals surface area (Å²) in [5.41, 5.74) is 7.48. The van der Waals surface area contributed by atoms with Crippen LogP contribution >= 0.6 is 12.2 Å². The zero-order valence-electron chi connectivity index (χ0n) is 19.2. The Morgan fingerprint density at radius 2 is 1.72 bits per heavy atom. The number of para-hydroxylation sites is 1. The van der Waals surface area contributed by atoms with Gasteiger partial charge in [0.15, 0.2) is 5.11 Å². The van der Waals surface area contributed by atoms with E-state index in [9.17, 15) is 0 Å². The molecule has 1 saturated heterocycles. The molecule has 1 aliphatic heterocycles. The fourth-order valence-corrected chi connectivity index (χ4v) is 6.11. The second-order valence-electron chi connectivity index (χ2n) is 9.27. The number of hydrogen-bond donors (Lipinski definition) is 1. The van der Waals surface area contributed by atoms with Crippen LogP contribution in [0, 0.1) is 20.8 Å². The number of aryl methyl sites for hydroxylation is 2. The predicted molar refractivity (Wildman–Crippen MR) is 134 cm³/mol. The van der Waals surface area contributed by atoms with E-state index >= 15 is 0 Å². The number of aromatic nitrogens is 2. The highest BCUT2D eigenvalue weighted by molar-refractivity contribution is 7.80. The molecule has 0 amide bonds. The van der Waals surface area contributed by atoms with Gasteiger partial charge in [0.1, 0.15) is 0 Å². The quantitative estimate of drug-likeness (QED) is 0.493. The van der Waals surface area contributed by atoms with Crippen LogP contribution in [0.15, 0.2) is 54.7 Å². The van der Waals surface area contributed by atoms with E-state index in [4.69, 9.17) is 17.2 Å². The minimum atomic E-state index is 0.0523. The number of thiocarbonyl (C=S) groups is 1. The van der Waals surface area contributed by atoms with Gasteiger partial charge in [-0.05, 0) is 81.2 Å². The minimum Gasteiger partial charge on any atom is -0.352 e. The summed E-state index contributed by atoms with van der Waals surface area (Å²) in [4.78, 5) is 7.24. The maximum absolute atomic E-state index is 5.95. The van der Waals surface area contributed by atoms with Gasteiger partial charge in [-0.3, -0.25) is 4.98 Å². The van der Waals surface area contributed by atoms with E-state index in [0.717, 1.165) is 10.8 Å². The Morgan fingerprint density at radius 1 is 0.969 bits per heavy atom. The van der Waals surface area contributed by atoms with Gasteiger partial charge in [0.2, 0.25) is 0 Å². The molecule has 0 spiro atoms. The van der Waals surface area contributed by atoms with Crippen LogP contribution in [0.25, 0.3) is 5.69 Å². The van der Waals surface area contributed by atoms with Crippen LogP contribution < -0.4 is 5.32 Å². The molecule has 3 aromatic rings. The first kappa shape index (κ1) is 21.2. The zero-order valence-corrected chi connectivity index (χ0v) is 20.0. The molecule has 1 aliphatic carbocycles. The number of hydrogen-bond acceptors (Lipinski definition) is 2. The van der Waals surface area contributed by atoms with Crippen molar-refractivity contribution >= 4 is 17.3 Å². The highest BCUT2D eigenvalue weighted by atomic mass is 32.1.